The standard InChI is InChI=1S/C8H13Br2NO3/c1-8(3-13-5-14-4-8)11-7(12)6(10)2-9/h6H,2-5H2,1H3,(H,11,12). The van der Waals surface area contributed by atoms with E-state index in [4.69, 9.17) is 9.47 Å². The Morgan fingerprint density at radius 1 is 1.57 bits per heavy atom. The molecule has 1 unspecified atom stereocenters. The number of ether oxygens (including phenoxy) is 2. The molecule has 4 nitrogen and oxygen atoms in total. The largest absolute Gasteiger partial charge is 0.353 e. The van der Waals surface area contributed by atoms with E-state index in [1.807, 2.05) is 6.92 Å². The third-order valence-corrected chi connectivity index (χ3v) is 4.11. The fourth-order valence-corrected chi connectivity index (χ4v) is 1.56. The molecule has 0 aromatic carbocycles. The summed E-state index contributed by atoms with van der Waals surface area (Å²) in [5.41, 5.74) is -0.413. The topological polar surface area (TPSA) is 47.6 Å². The van der Waals surface area contributed by atoms with E-state index in [-0.39, 0.29) is 10.7 Å². The molecular formula is C8H13Br2NO3. The number of carbonyl (C=O) groups excluding carboxylic acids is 1. The molecule has 1 atom stereocenters. The van der Waals surface area contributed by atoms with Gasteiger partial charge in [-0.25, -0.2) is 0 Å². The van der Waals surface area contributed by atoms with Crippen molar-refractivity contribution < 1.29 is 14.3 Å². The van der Waals surface area contributed by atoms with Crippen LogP contribution in [0, 0.1) is 0 Å². The average molecular weight is 331 g/mol. The van der Waals surface area contributed by atoms with E-state index in [2.05, 4.69) is 37.2 Å². The van der Waals surface area contributed by atoms with Gasteiger partial charge in [-0.15, -0.1) is 0 Å². The first kappa shape index (κ1) is 12.4. The summed E-state index contributed by atoms with van der Waals surface area (Å²) in [4.78, 5) is 11.3. The van der Waals surface area contributed by atoms with Gasteiger partial charge in [0, 0.05) is 5.33 Å². The first-order chi connectivity index (χ1) is 6.57. The minimum Gasteiger partial charge on any atom is -0.353 e. The summed E-state index contributed by atoms with van der Waals surface area (Å²) in [7, 11) is 0. The first-order valence-electron chi connectivity index (χ1n) is 4.25. The normalized spacial score (nSPS) is 22.8. The molecule has 1 heterocycles. The highest BCUT2D eigenvalue weighted by molar-refractivity contribution is 9.12. The maximum atomic E-state index is 11.5. The third kappa shape index (κ3) is 3.49. The highest BCUT2D eigenvalue weighted by atomic mass is 79.9. The zero-order valence-electron chi connectivity index (χ0n) is 7.89. The molecule has 1 aliphatic heterocycles. The second kappa shape index (κ2) is 5.44. The minimum absolute atomic E-state index is 0.0570. The smallest absolute Gasteiger partial charge is 0.235 e. The fourth-order valence-electron chi connectivity index (χ4n) is 1.15. The molecule has 0 aromatic heterocycles. The van der Waals surface area contributed by atoms with E-state index in [0.717, 1.165) is 0 Å². The van der Waals surface area contributed by atoms with Crippen LogP contribution in [0.1, 0.15) is 6.92 Å². The zero-order valence-corrected chi connectivity index (χ0v) is 11.1. The molecule has 1 saturated heterocycles. The van der Waals surface area contributed by atoms with E-state index in [0.29, 0.717) is 25.3 Å². The SMILES string of the molecule is CC1(NC(=O)C(Br)CBr)COCOC1. The highest BCUT2D eigenvalue weighted by Crippen LogP contribution is 2.13. The maximum absolute atomic E-state index is 11.5. The number of amides is 1. The van der Waals surface area contributed by atoms with E-state index < -0.39 is 5.54 Å². The molecule has 1 N–H and O–H groups in total. The number of rotatable bonds is 3. The second-order valence-electron chi connectivity index (χ2n) is 3.49. The Bertz CT molecular complexity index is 207. The lowest BCUT2D eigenvalue weighted by atomic mass is 10.0. The van der Waals surface area contributed by atoms with Crippen molar-refractivity contribution in [3.8, 4) is 0 Å². The summed E-state index contributed by atoms with van der Waals surface area (Å²) in [6.07, 6.45) is 0. The minimum atomic E-state index is -0.413. The number of halogens is 2. The molecule has 1 aliphatic rings. The summed E-state index contributed by atoms with van der Waals surface area (Å²) in [5, 5.41) is 3.46. The Morgan fingerprint density at radius 2 is 2.14 bits per heavy atom. The highest BCUT2D eigenvalue weighted by Gasteiger charge is 2.31. The molecule has 14 heavy (non-hydrogen) atoms. The van der Waals surface area contributed by atoms with Crippen LogP contribution in [0.15, 0.2) is 0 Å². The van der Waals surface area contributed by atoms with Gasteiger partial charge in [0.05, 0.1) is 18.8 Å². The number of hydrogen-bond donors (Lipinski definition) is 1. The van der Waals surface area contributed by atoms with Gasteiger partial charge in [-0.05, 0) is 6.92 Å². The van der Waals surface area contributed by atoms with Gasteiger partial charge in [-0.3, -0.25) is 4.79 Å². The summed E-state index contributed by atoms with van der Waals surface area (Å²) in [6, 6.07) is 0. The van der Waals surface area contributed by atoms with Gasteiger partial charge in [0.2, 0.25) is 5.91 Å². The van der Waals surface area contributed by atoms with Gasteiger partial charge in [0.15, 0.2) is 0 Å². The van der Waals surface area contributed by atoms with E-state index in [1.54, 1.807) is 0 Å². The van der Waals surface area contributed by atoms with Crippen molar-refractivity contribution in [1.29, 1.82) is 0 Å². The summed E-state index contributed by atoms with van der Waals surface area (Å²) in [6.45, 7) is 3.18. The van der Waals surface area contributed by atoms with Crippen LogP contribution < -0.4 is 5.32 Å². The van der Waals surface area contributed by atoms with Crippen LogP contribution in [0.3, 0.4) is 0 Å². The lowest BCUT2D eigenvalue weighted by molar-refractivity contribution is -0.148. The van der Waals surface area contributed by atoms with Crippen molar-refractivity contribution >= 4 is 37.8 Å². The lowest BCUT2D eigenvalue weighted by Crippen LogP contribution is -2.57. The van der Waals surface area contributed by atoms with Crippen LogP contribution in [0.2, 0.25) is 0 Å². The lowest BCUT2D eigenvalue weighted by Gasteiger charge is -2.34. The van der Waals surface area contributed by atoms with Crippen molar-refractivity contribution in [2.75, 3.05) is 25.3 Å². The molecule has 6 heteroatoms. The molecule has 0 aliphatic carbocycles. The molecule has 0 radical (unpaired) electrons. The van der Waals surface area contributed by atoms with E-state index >= 15 is 0 Å². The van der Waals surface area contributed by atoms with Gasteiger partial charge in [0.25, 0.3) is 0 Å². The van der Waals surface area contributed by atoms with Crippen LogP contribution in [0.5, 0.6) is 0 Å². The first-order valence-corrected chi connectivity index (χ1v) is 6.29. The van der Waals surface area contributed by atoms with Crippen molar-refractivity contribution in [1.82, 2.24) is 5.32 Å². The van der Waals surface area contributed by atoms with Gasteiger partial charge < -0.3 is 14.8 Å². The number of carbonyl (C=O) groups is 1. The van der Waals surface area contributed by atoms with Crippen LogP contribution in [0.4, 0.5) is 0 Å². The molecular weight excluding hydrogens is 318 g/mol. The van der Waals surface area contributed by atoms with Crippen molar-refractivity contribution in [2.24, 2.45) is 0 Å². The number of hydrogen-bond acceptors (Lipinski definition) is 3. The van der Waals surface area contributed by atoms with Crippen LogP contribution in [-0.2, 0) is 14.3 Å². The maximum Gasteiger partial charge on any atom is 0.235 e. The Kier molecular flexibility index (Phi) is 4.82. The Hall–Kier alpha value is 0.350. The zero-order chi connectivity index (χ0) is 10.6. The summed E-state index contributed by atoms with van der Waals surface area (Å²) >= 11 is 6.48. The molecule has 1 fully saturated rings. The molecule has 1 amide bonds. The van der Waals surface area contributed by atoms with Crippen LogP contribution in [-0.4, -0.2) is 41.6 Å². The molecule has 1 rings (SSSR count). The predicted octanol–water partition coefficient (Wildman–Crippen LogP) is 1.02. The van der Waals surface area contributed by atoms with Crippen LogP contribution in [0.25, 0.3) is 0 Å². The van der Waals surface area contributed by atoms with Gasteiger partial charge in [0.1, 0.15) is 11.6 Å². The molecule has 0 spiro atoms. The molecule has 0 bridgehead atoms. The van der Waals surface area contributed by atoms with E-state index in [1.165, 1.54) is 0 Å². The number of nitrogens with one attached hydrogen (secondary N) is 1. The molecule has 0 saturated carbocycles. The Balaban J connectivity index is 2.44. The Labute approximate surface area is 100.0 Å². The number of alkyl halides is 2. The Morgan fingerprint density at radius 3 is 2.64 bits per heavy atom. The van der Waals surface area contributed by atoms with Gasteiger partial charge in [-0.1, -0.05) is 31.9 Å². The predicted molar refractivity (Wildman–Crippen MR) is 59.8 cm³/mol. The summed E-state index contributed by atoms with van der Waals surface area (Å²) < 4.78 is 10.3. The van der Waals surface area contributed by atoms with Crippen molar-refractivity contribution in [3.63, 3.8) is 0 Å². The van der Waals surface area contributed by atoms with Gasteiger partial charge in [-0.2, -0.15) is 0 Å². The van der Waals surface area contributed by atoms with E-state index in [9.17, 15) is 4.79 Å². The fraction of sp³-hybridized carbons (Fsp3) is 0.875. The second-order valence-corrected chi connectivity index (χ2v) is 5.24. The molecule has 0 aromatic rings. The summed E-state index contributed by atoms with van der Waals surface area (Å²) in [5.74, 6) is -0.0570. The van der Waals surface area contributed by atoms with Gasteiger partial charge >= 0.3 is 0 Å². The van der Waals surface area contributed by atoms with Crippen LogP contribution >= 0.6 is 31.9 Å². The third-order valence-electron chi connectivity index (χ3n) is 1.85. The quantitative estimate of drug-likeness (QED) is 0.786. The molecule has 82 valence electrons. The monoisotopic (exact) mass is 329 g/mol. The van der Waals surface area contributed by atoms with Crippen molar-refractivity contribution in [2.45, 2.75) is 17.3 Å². The van der Waals surface area contributed by atoms with Crippen molar-refractivity contribution in [3.05, 3.63) is 0 Å². The average Bonchev–Trinajstić information content (AvgIpc) is 2.17.